The van der Waals surface area contributed by atoms with Crippen molar-refractivity contribution < 1.29 is 19.4 Å². The molecule has 1 N–H and O–H groups in total. The van der Waals surface area contributed by atoms with Gasteiger partial charge in [0, 0.05) is 5.56 Å². The number of hydrogen-bond donors (Lipinski definition) is 1. The van der Waals surface area contributed by atoms with Crippen molar-refractivity contribution in [2.75, 3.05) is 7.11 Å². The molecule has 0 saturated heterocycles. The van der Waals surface area contributed by atoms with Crippen LogP contribution in [0.25, 0.3) is 0 Å². The lowest BCUT2D eigenvalue weighted by molar-refractivity contribution is -0.144. The first-order chi connectivity index (χ1) is 10.6. The van der Waals surface area contributed by atoms with Crippen molar-refractivity contribution in [3.05, 3.63) is 35.4 Å². The van der Waals surface area contributed by atoms with E-state index < -0.39 is 17.1 Å². The van der Waals surface area contributed by atoms with Gasteiger partial charge in [-0.3, -0.25) is 4.79 Å². The Hall–Kier alpha value is -1.81. The third-order valence-electron chi connectivity index (χ3n) is 6.24. The second kappa shape index (κ2) is 3.74. The summed E-state index contributed by atoms with van der Waals surface area (Å²) in [7, 11) is 1.61. The van der Waals surface area contributed by atoms with Crippen LogP contribution in [0.4, 0.5) is 0 Å². The molecule has 4 nitrogen and oxygen atoms in total. The molecule has 2 unspecified atom stereocenters. The summed E-state index contributed by atoms with van der Waals surface area (Å²) in [6.07, 6.45) is 6.28. The highest BCUT2D eigenvalue weighted by Gasteiger charge is 2.70. The number of hydrogen-bond acceptors (Lipinski definition) is 4. The highest BCUT2D eigenvalue weighted by atomic mass is 16.5. The van der Waals surface area contributed by atoms with Gasteiger partial charge < -0.3 is 14.6 Å². The first-order valence-corrected chi connectivity index (χ1v) is 7.94. The van der Waals surface area contributed by atoms with E-state index in [0.29, 0.717) is 11.5 Å². The van der Waals surface area contributed by atoms with Gasteiger partial charge in [0.05, 0.1) is 12.5 Å². The molecule has 4 aliphatic rings. The number of carbonyl (C=O) groups excluding carboxylic acids is 1. The van der Waals surface area contributed by atoms with E-state index in [-0.39, 0.29) is 11.7 Å². The highest BCUT2D eigenvalue weighted by Crippen LogP contribution is 2.65. The molecule has 0 amide bonds. The number of carbonyl (C=O) groups is 1. The number of benzene rings is 1. The zero-order valence-electron chi connectivity index (χ0n) is 12.5. The molecule has 1 fully saturated rings. The van der Waals surface area contributed by atoms with Gasteiger partial charge in [0.25, 0.3) is 0 Å². The lowest BCUT2D eigenvalue weighted by Gasteiger charge is -2.57. The van der Waals surface area contributed by atoms with Crippen LogP contribution in [0.2, 0.25) is 0 Å². The normalized spacial score (nSPS) is 40.2. The van der Waals surface area contributed by atoms with Crippen molar-refractivity contribution in [3.8, 4) is 11.5 Å². The van der Waals surface area contributed by atoms with Gasteiger partial charge in [-0.15, -0.1) is 0 Å². The van der Waals surface area contributed by atoms with Crippen molar-refractivity contribution in [1.82, 2.24) is 0 Å². The fraction of sp³-hybridized carbons (Fsp3) is 0.500. The molecule has 1 saturated carbocycles. The molecule has 4 heteroatoms. The van der Waals surface area contributed by atoms with E-state index in [0.717, 1.165) is 31.2 Å². The first-order valence-electron chi connectivity index (χ1n) is 7.94. The zero-order chi connectivity index (χ0) is 15.1. The maximum Gasteiger partial charge on any atom is 0.196 e. The maximum atomic E-state index is 12.5. The molecule has 22 heavy (non-hydrogen) atoms. The van der Waals surface area contributed by atoms with E-state index in [2.05, 4.69) is 6.07 Å². The average molecular weight is 298 g/mol. The number of rotatable bonds is 1. The second-order valence-electron chi connectivity index (χ2n) is 6.95. The van der Waals surface area contributed by atoms with Gasteiger partial charge in [0.15, 0.2) is 23.4 Å². The van der Waals surface area contributed by atoms with Crippen molar-refractivity contribution >= 4 is 5.78 Å². The van der Waals surface area contributed by atoms with Gasteiger partial charge in [-0.2, -0.15) is 0 Å². The van der Waals surface area contributed by atoms with E-state index in [1.165, 1.54) is 11.6 Å². The van der Waals surface area contributed by atoms with Crippen LogP contribution in [0.1, 0.15) is 30.4 Å². The standard InChI is InChI=1S/C18H18O4/c1-21-13-5-4-10-9-11-3-2-7-17-14(10)15(13)22-16(17)12(19)6-8-18(11,17)20/h4-6,8,11,16,20H,2-3,7,9H2,1H3/t11-,16?,17+,18?/m1/s1. The molecule has 1 aliphatic heterocycles. The third kappa shape index (κ3) is 1.12. The lowest BCUT2D eigenvalue weighted by atomic mass is 9.47. The predicted octanol–water partition coefficient (Wildman–Crippen LogP) is 1.92. The van der Waals surface area contributed by atoms with Crippen LogP contribution in [0.15, 0.2) is 24.3 Å². The molecule has 3 aliphatic carbocycles. The minimum Gasteiger partial charge on any atom is -0.493 e. The molecule has 4 atom stereocenters. The Kier molecular flexibility index (Phi) is 2.16. The average Bonchev–Trinajstić information content (AvgIpc) is 2.85. The SMILES string of the molecule is COc1ccc2c3c1OC1C(=O)C=CC4(O)[C@H](CCC[C@]314)C2. The summed E-state index contributed by atoms with van der Waals surface area (Å²) in [5.41, 5.74) is 0.622. The summed E-state index contributed by atoms with van der Waals surface area (Å²) >= 11 is 0. The van der Waals surface area contributed by atoms with Crippen molar-refractivity contribution in [2.24, 2.45) is 5.92 Å². The molecule has 2 bridgehead atoms. The number of ketones is 1. The van der Waals surface area contributed by atoms with Crippen LogP contribution < -0.4 is 9.47 Å². The Morgan fingerprint density at radius 2 is 2.27 bits per heavy atom. The quantitative estimate of drug-likeness (QED) is 0.860. The smallest absolute Gasteiger partial charge is 0.196 e. The van der Waals surface area contributed by atoms with E-state index in [1.54, 1.807) is 13.2 Å². The van der Waals surface area contributed by atoms with Crippen molar-refractivity contribution in [1.29, 1.82) is 0 Å². The van der Waals surface area contributed by atoms with Crippen LogP contribution in [-0.2, 0) is 16.6 Å². The fourth-order valence-electron chi connectivity index (χ4n) is 5.37. The van der Waals surface area contributed by atoms with E-state index >= 15 is 0 Å². The van der Waals surface area contributed by atoms with Crippen LogP contribution >= 0.6 is 0 Å². The van der Waals surface area contributed by atoms with Gasteiger partial charge in [0.2, 0.25) is 0 Å². The zero-order valence-corrected chi connectivity index (χ0v) is 12.5. The maximum absolute atomic E-state index is 12.5. The van der Waals surface area contributed by atoms with Crippen molar-refractivity contribution in [2.45, 2.75) is 42.8 Å². The molecule has 1 aromatic rings. The summed E-state index contributed by atoms with van der Waals surface area (Å²) < 4.78 is 11.5. The molecule has 1 heterocycles. The fourth-order valence-corrected chi connectivity index (χ4v) is 5.37. The summed E-state index contributed by atoms with van der Waals surface area (Å²) in [4.78, 5) is 12.5. The topological polar surface area (TPSA) is 55.8 Å². The van der Waals surface area contributed by atoms with Crippen LogP contribution in [0, 0.1) is 5.92 Å². The summed E-state index contributed by atoms with van der Waals surface area (Å²) in [5.74, 6) is 1.43. The van der Waals surface area contributed by atoms with Crippen molar-refractivity contribution in [3.63, 3.8) is 0 Å². The molecular formula is C18H18O4. The van der Waals surface area contributed by atoms with E-state index in [1.807, 2.05) is 6.07 Å². The molecule has 0 aromatic heterocycles. The van der Waals surface area contributed by atoms with Gasteiger partial charge in [-0.25, -0.2) is 0 Å². The number of methoxy groups -OCH3 is 1. The minimum atomic E-state index is -0.978. The van der Waals surface area contributed by atoms with Crippen LogP contribution in [-0.4, -0.2) is 29.7 Å². The lowest BCUT2D eigenvalue weighted by Crippen LogP contribution is -2.68. The largest absolute Gasteiger partial charge is 0.493 e. The molecule has 1 aromatic carbocycles. The number of aliphatic hydroxyl groups is 1. The minimum absolute atomic E-state index is 0.0450. The van der Waals surface area contributed by atoms with Gasteiger partial charge >= 0.3 is 0 Å². The van der Waals surface area contributed by atoms with Crippen LogP contribution in [0.5, 0.6) is 11.5 Å². The Morgan fingerprint density at radius 1 is 1.41 bits per heavy atom. The van der Waals surface area contributed by atoms with Gasteiger partial charge in [0.1, 0.15) is 5.60 Å². The summed E-state index contributed by atoms with van der Waals surface area (Å²) in [5, 5.41) is 11.5. The molecule has 1 spiro atoms. The Morgan fingerprint density at radius 3 is 3.09 bits per heavy atom. The van der Waals surface area contributed by atoms with E-state index in [4.69, 9.17) is 9.47 Å². The monoisotopic (exact) mass is 298 g/mol. The number of ether oxygens (including phenoxy) is 2. The molecule has 114 valence electrons. The van der Waals surface area contributed by atoms with Gasteiger partial charge in [-0.1, -0.05) is 12.5 Å². The van der Waals surface area contributed by atoms with Crippen LogP contribution in [0.3, 0.4) is 0 Å². The molecule has 0 radical (unpaired) electrons. The highest BCUT2D eigenvalue weighted by molar-refractivity contribution is 5.98. The first kappa shape index (κ1) is 12.7. The predicted molar refractivity (Wildman–Crippen MR) is 79.2 cm³/mol. The Balaban J connectivity index is 1.90. The molecule has 5 rings (SSSR count). The second-order valence-corrected chi connectivity index (χ2v) is 6.95. The Labute approximate surface area is 128 Å². The van der Waals surface area contributed by atoms with Gasteiger partial charge in [-0.05, 0) is 49.0 Å². The van der Waals surface area contributed by atoms with E-state index in [9.17, 15) is 9.90 Å². The molecular weight excluding hydrogens is 280 g/mol. The Bertz CT molecular complexity index is 737. The third-order valence-corrected chi connectivity index (χ3v) is 6.24. The summed E-state index contributed by atoms with van der Waals surface area (Å²) in [6.45, 7) is 0. The summed E-state index contributed by atoms with van der Waals surface area (Å²) in [6, 6.07) is 3.99.